The van der Waals surface area contributed by atoms with Crippen LogP contribution in [0.25, 0.3) is 0 Å². The molecule has 22 heavy (non-hydrogen) atoms. The van der Waals surface area contributed by atoms with Crippen LogP contribution in [-0.2, 0) is 11.3 Å². The zero-order chi connectivity index (χ0) is 15.6. The standard InChI is InChI=1S/C17H24N4O/c1-13-14(11-18)10-15(20-13)12-21-8-5-17(6-9-21)3-2-16(22)19-7-4-17/h10,20H,2-9,12H2,1H3,(H,19,22). The second-order valence-corrected chi connectivity index (χ2v) is 6.82. The maximum atomic E-state index is 11.5. The number of amides is 1. The van der Waals surface area contributed by atoms with Crippen LogP contribution < -0.4 is 5.32 Å². The Morgan fingerprint density at radius 2 is 2.09 bits per heavy atom. The summed E-state index contributed by atoms with van der Waals surface area (Å²) in [4.78, 5) is 17.3. The number of nitrogens with one attached hydrogen (secondary N) is 2. The molecule has 0 atom stereocenters. The van der Waals surface area contributed by atoms with Crippen LogP contribution in [0.3, 0.4) is 0 Å². The van der Waals surface area contributed by atoms with E-state index in [0.29, 0.717) is 11.8 Å². The minimum absolute atomic E-state index is 0.213. The molecular weight excluding hydrogens is 276 g/mol. The molecule has 0 saturated carbocycles. The van der Waals surface area contributed by atoms with E-state index in [9.17, 15) is 4.79 Å². The number of aryl methyl sites for hydroxylation is 1. The number of nitriles is 1. The van der Waals surface area contributed by atoms with Crippen LogP contribution in [0.4, 0.5) is 0 Å². The molecular formula is C17H24N4O. The highest BCUT2D eigenvalue weighted by Crippen LogP contribution is 2.40. The Balaban J connectivity index is 1.57. The average Bonchev–Trinajstić information content (AvgIpc) is 2.77. The third kappa shape index (κ3) is 3.17. The van der Waals surface area contributed by atoms with Gasteiger partial charge in [0.1, 0.15) is 6.07 Å². The molecule has 2 aliphatic rings. The number of carbonyl (C=O) groups is 1. The van der Waals surface area contributed by atoms with E-state index in [0.717, 1.165) is 56.0 Å². The summed E-state index contributed by atoms with van der Waals surface area (Å²) in [5.41, 5.74) is 3.19. The number of aromatic nitrogens is 1. The van der Waals surface area contributed by atoms with Gasteiger partial charge in [-0.15, -0.1) is 0 Å². The van der Waals surface area contributed by atoms with Crippen molar-refractivity contribution < 1.29 is 4.79 Å². The van der Waals surface area contributed by atoms with E-state index in [2.05, 4.69) is 21.3 Å². The molecule has 0 radical (unpaired) electrons. The molecule has 0 unspecified atom stereocenters. The lowest BCUT2D eigenvalue weighted by Crippen LogP contribution is -2.40. The first-order chi connectivity index (χ1) is 10.6. The summed E-state index contributed by atoms with van der Waals surface area (Å²) in [7, 11) is 0. The number of carbonyl (C=O) groups excluding carboxylic acids is 1. The van der Waals surface area contributed by atoms with E-state index in [1.165, 1.54) is 12.8 Å². The predicted octanol–water partition coefficient (Wildman–Crippen LogP) is 2.08. The van der Waals surface area contributed by atoms with Crippen molar-refractivity contribution >= 4 is 5.91 Å². The van der Waals surface area contributed by atoms with Crippen molar-refractivity contribution in [1.82, 2.24) is 15.2 Å². The molecule has 5 heteroatoms. The Bertz CT molecular complexity index is 590. The Hall–Kier alpha value is -1.80. The van der Waals surface area contributed by atoms with Crippen molar-refractivity contribution in [3.63, 3.8) is 0 Å². The molecule has 0 aliphatic carbocycles. The number of hydrogen-bond donors (Lipinski definition) is 2. The molecule has 2 N–H and O–H groups in total. The molecule has 1 aromatic rings. The summed E-state index contributed by atoms with van der Waals surface area (Å²) in [5, 5.41) is 12.0. The Morgan fingerprint density at radius 1 is 1.32 bits per heavy atom. The first-order valence-corrected chi connectivity index (χ1v) is 8.18. The Morgan fingerprint density at radius 3 is 2.77 bits per heavy atom. The van der Waals surface area contributed by atoms with E-state index in [1.807, 2.05) is 13.0 Å². The molecule has 3 heterocycles. The van der Waals surface area contributed by atoms with E-state index >= 15 is 0 Å². The maximum Gasteiger partial charge on any atom is 0.220 e. The van der Waals surface area contributed by atoms with Gasteiger partial charge in [0.25, 0.3) is 0 Å². The van der Waals surface area contributed by atoms with Gasteiger partial charge < -0.3 is 10.3 Å². The Labute approximate surface area is 131 Å². The minimum Gasteiger partial charge on any atom is -0.360 e. The van der Waals surface area contributed by atoms with Crippen molar-refractivity contribution in [2.45, 2.75) is 45.6 Å². The first kappa shape index (κ1) is 15.1. The number of hydrogen-bond acceptors (Lipinski definition) is 3. The number of nitrogens with zero attached hydrogens (tertiary/aromatic N) is 2. The molecule has 2 saturated heterocycles. The highest BCUT2D eigenvalue weighted by molar-refractivity contribution is 5.76. The molecule has 1 spiro atoms. The van der Waals surface area contributed by atoms with Gasteiger partial charge in [-0.1, -0.05) is 0 Å². The zero-order valence-electron chi connectivity index (χ0n) is 13.2. The lowest BCUT2D eigenvalue weighted by atomic mass is 9.73. The highest BCUT2D eigenvalue weighted by atomic mass is 16.1. The fourth-order valence-electron chi connectivity index (χ4n) is 3.81. The molecule has 2 aliphatic heterocycles. The second kappa shape index (κ2) is 6.13. The predicted molar refractivity (Wildman–Crippen MR) is 84.0 cm³/mol. The summed E-state index contributed by atoms with van der Waals surface area (Å²) in [6.07, 6.45) is 5.18. The van der Waals surface area contributed by atoms with Crippen LogP contribution in [0.1, 0.15) is 49.1 Å². The number of aromatic amines is 1. The van der Waals surface area contributed by atoms with Crippen molar-refractivity contribution in [2.24, 2.45) is 5.41 Å². The van der Waals surface area contributed by atoms with Crippen molar-refractivity contribution in [2.75, 3.05) is 19.6 Å². The fourth-order valence-corrected chi connectivity index (χ4v) is 3.81. The largest absolute Gasteiger partial charge is 0.360 e. The fraction of sp³-hybridized carbons (Fsp3) is 0.647. The maximum absolute atomic E-state index is 11.5. The van der Waals surface area contributed by atoms with Gasteiger partial charge in [0, 0.05) is 30.9 Å². The average molecular weight is 300 g/mol. The van der Waals surface area contributed by atoms with Crippen molar-refractivity contribution in [3.8, 4) is 6.07 Å². The molecule has 0 aromatic carbocycles. The third-order valence-corrected chi connectivity index (χ3v) is 5.36. The molecule has 1 aromatic heterocycles. The van der Waals surface area contributed by atoms with Gasteiger partial charge in [-0.3, -0.25) is 9.69 Å². The van der Waals surface area contributed by atoms with Crippen LogP contribution in [0.15, 0.2) is 6.07 Å². The summed E-state index contributed by atoms with van der Waals surface area (Å²) in [6, 6.07) is 4.19. The lowest BCUT2D eigenvalue weighted by Gasteiger charge is -2.41. The van der Waals surface area contributed by atoms with Crippen LogP contribution in [0.5, 0.6) is 0 Å². The van der Waals surface area contributed by atoms with E-state index in [-0.39, 0.29) is 5.91 Å². The second-order valence-electron chi connectivity index (χ2n) is 6.82. The molecule has 3 rings (SSSR count). The van der Waals surface area contributed by atoms with Crippen LogP contribution >= 0.6 is 0 Å². The number of likely N-dealkylation sites (tertiary alicyclic amines) is 1. The highest BCUT2D eigenvalue weighted by Gasteiger charge is 2.36. The SMILES string of the molecule is Cc1[nH]c(CN2CCC3(CCNC(=O)CC3)CC2)cc1C#N. The summed E-state index contributed by atoms with van der Waals surface area (Å²) >= 11 is 0. The van der Waals surface area contributed by atoms with Gasteiger partial charge in [-0.05, 0) is 57.2 Å². The monoisotopic (exact) mass is 300 g/mol. The lowest BCUT2D eigenvalue weighted by molar-refractivity contribution is -0.121. The van der Waals surface area contributed by atoms with Crippen molar-refractivity contribution in [3.05, 3.63) is 23.0 Å². The van der Waals surface area contributed by atoms with Crippen LogP contribution in [-0.4, -0.2) is 35.4 Å². The first-order valence-electron chi connectivity index (χ1n) is 8.18. The molecule has 5 nitrogen and oxygen atoms in total. The van der Waals surface area contributed by atoms with Gasteiger partial charge in [-0.25, -0.2) is 0 Å². The van der Waals surface area contributed by atoms with E-state index in [4.69, 9.17) is 5.26 Å². The zero-order valence-corrected chi connectivity index (χ0v) is 13.2. The summed E-state index contributed by atoms with van der Waals surface area (Å²) < 4.78 is 0. The molecule has 2 fully saturated rings. The van der Waals surface area contributed by atoms with Gasteiger partial charge in [0.2, 0.25) is 5.91 Å². The van der Waals surface area contributed by atoms with Crippen LogP contribution in [0, 0.1) is 23.7 Å². The van der Waals surface area contributed by atoms with Crippen LogP contribution in [0.2, 0.25) is 0 Å². The van der Waals surface area contributed by atoms with E-state index in [1.54, 1.807) is 0 Å². The Kier molecular flexibility index (Phi) is 4.21. The number of rotatable bonds is 2. The summed E-state index contributed by atoms with van der Waals surface area (Å²) in [5.74, 6) is 0.213. The molecule has 118 valence electrons. The number of H-pyrrole nitrogens is 1. The van der Waals surface area contributed by atoms with Gasteiger partial charge in [0.15, 0.2) is 0 Å². The van der Waals surface area contributed by atoms with E-state index < -0.39 is 0 Å². The normalized spacial score (nSPS) is 22.1. The smallest absolute Gasteiger partial charge is 0.220 e. The van der Waals surface area contributed by atoms with Gasteiger partial charge in [-0.2, -0.15) is 5.26 Å². The molecule has 0 bridgehead atoms. The minimum atomic E-state index is 0.213. The number of piperidine rings is 1. The third-order valence-electron chi connectivity index (χ3n) is 5.36. The van der Waals surface area contributed by atoms with Gasteiger partial charge in [0.05, 0.1) is 5.56 Å². The van der Waals surface area contributed by atoms with Gasteiger partial charge >= 0.3 is 0 Å². The topological polar surface area (TPSA) is 71.9 Å². The molecule has 1 amide bonds. The quantitative estimate of drug-likeness (QED) is 0.878. The van der Waals surface area contributed by atoms with Crippen molar-refractivity contribution in [1.29, 1.82) is 5.26 Å². The summed E-state index contributed by atoms with van der Waals surface area (Å²) in [6.45, 7) is 5.82.